The Kier molecular flexibility index (Phi) is 6.18. The summed E-state index contributed by atoms with van der Waals surface area (Å²) in [6.45, 7) is 6.04. The van der Waals surface area contributed by atoms with Gasteiger partial charge in [-0.05, 0) is 36.5 Å². The number of halogens is 1. The van der Waals surface area contributed by atoms with Crippen LogP contribution in [0, 0.1) is 11.7 Å². The molecule has 0 aromatic heterocycles. The van der Waals surface area contributed by atoms with Gasteiger partial charge in [0.05, 0.1) is 0 Å². The second kappa shape index (κ2) is 8.55. The van der Waals surface area contributed by atoms with E-state index in [4.69, 9.17) is 0 Å². The molecule has 0 unspecified atom stereocenters. The van der Waals surface area contributed by atoms with E-state index in [-0.39, 0.29) is 11.7 Å². The normalized spacial score (nSPS) is 19.8. The topological polar surface area (TPSA) is 47.6 Å². The third-order valence-corrected chi connectivity index (χ3v) is 4.93. The van der Waals surface area contributed by atoms with Crippen LogP contribution < -0.4 is 10.9 Å². The van der Waals surface area contributed by atoms with E-state index in [2.05, 4.69) is 15.8 Å². The van der Waals surface area contributed by atoms with Crippen LogP contribution in [0.4, 0.5) is 4.39 Å². The van der Waals surface area contributed by atoms with E-state index in [1.165, 1.54) is 6.07 Å². The number of piperazine rings is 1. The van der Waals surface area contributed by atoms with E-state index >= 15 is 0 Å². The minimum Gasteiger partial charge on any atom is -0.340 e. The number of rotatable bonds is 6. The van der Waals surface area contributed by atoms with Crippen LogP contribution in [-0.2, 0) is 11.3 Å². The predicted octanol–water partition coefficient (Wildman–Crippen LogP) is 1.36. The summed E-state index contributed by atoms with van der Waals surface area (Å²) in [6, 6.07) is 6.76. The summed E-state index contributed by atoms with van der Waals surface area (Å²) in [7, 11) is 0. The van der Waals surface area contributed by atoms with Crippen molar-refractivity contribution in [3.8, 4) is 0 Å². The molecular formula is C18H27FN4O. The maximum Gasteiger partial charge on any atom is 0.222 e. The van der Waals surface area contributed by atoms with E-state index in [1.54, 1.807) is 12.1 Å². The summed E-state index contributed by atoms with van der Waals surface area (Å²) in [5.74, 6) is 0.745. The van der Waals surface area contributed by atoms with Crippen LogP contribution in [0.3, 0.4) is 0 Å². The zero-order valence-electron chi connectivity index (χ0n) is 14.1. The zero-order chi connectivity index (χ0) is 16.8. The van der Waals surface area contributed by atoms with Gasteiger partial charge in [0.15, 0.2) is 0 Å². The first-order chi connectivity index (χ1) is 11.7. The Morgan fingerprint density at radius 1 is 1.17 bits per heavy atom. The Morgan fingerprint density at radius 3 is 2.62 bits per heavy atom. The second-order valence-corrected chi connectivity index (χ2v) is 6.81. The zero-order valence-corrected chi connectivity index (χ0v) is 14.1. The van der Waals surface area contributed by atoms with Crippen LogP contribution in [0.15, 0.2) is 24.3 Å². The monoisotopic (exact) mass is 334 g/mol. The molecule has 2 fully saturated rings. The Hall–Kier alpha value is -1.50. The highest BCUT2D eigenvalue weighted by Gasteiger charge is 2.21. The van der Waals surface area contributed by atoms with Gasteiger partial charge in [-0.15, -0.1) is 0 Å². The highest BCUT2D eigenvalue weighted by molar-refractivity contribution is 5.76. The molecule has 2 aliphatic rings. The van der Waals surface area contributed by atoms with Crippen molar-refractivity contribution in [2.24, 2.45) is 5.92 Å². The minimum absolute atomic E-state index is 0.186. The van der Waals surface area contributed by atoms with Gasteiger partial charge in [0.25, 0.3) is 0 Å². The van der Waals surface area contributed by atoms with Gasteiger partial charge in [-0.1, -0.05) is 12.1 Å². The maximum absolute atomic E-state index is 13.2. The molecule has 5 nitrogen and oxygen atoms in total. The molecule has 0 saturated carbocycles. The fraction of sp³-hybridized carbons (Fsp3) is 0.611. The number of amides is 1. The SMILES string of the molecule is O=C(CCCC1CNNC1)N1CCN(Cc2cccc(F)c2)CC1. The van der Waals surface area contributed by atoms with Gasteiger partial charge in [-0.3, -0.25) is 20.5 Å². The summed E-state index contributed by atoms with van der Waals surface area (Å²) in [6.07, 6.45) is 2.72. The average molecular weight is 334 g/mol. The number of hydrogen-bond acceptors (Lipinski definition) is 4. The molecule has 1 amide bonds. The number of hydrazine groups is 1. The summed E-state index contributed by atoms with van der Waals surface area (Å²) in [5.41, 5.74) is 7.25. The molecule has 132 valence electrons. The molecule has 0 radical (unpaired) electrons. The molecule has 1 aromatic carbocycles. The van der Waals surface area contributed by atoms with Crippen molar-refractivity contribution in [3.63, 3.8) is 0 Å². The van der Waals surface area contributed by atoms with Crippen molar-refractivity contribution in [1.29, 1.82) is 0 Å². The number of nitrogens with zero attached hydrogens (tertiary/aromatic N) is 2. The lowest BCUT2D eigenvalue weighted by atomic mass is 10.0. The number of nitrogens with one attached hydrogen (secondary N) is 2. The molecule has 2 aliphatic heterocycles. The first-order valence-corrected chi connectivity index (χ1v) is 8.91. The lowest BCUT2D eigenvalue weighted by Gasteiger charge is -2.35. The van der Waals surface area contributed by atoms with Gasteiger partial charge < -0.3 is 4.90 Å². The van der Waals surface area contributed by atoms with E-state index < -0.39 is 0 Å². The Labute approximate surface area is 143 Å². The van der Waals surface area contributed by atoms with Crippen molar-refractivity contribution in [2.45, 2.75) is 25.8 Å². The number of carbonyl (C=O) groups is 1. The molecule has 1 aromatic rings. The van der Waals surface area contributed by atoms with Crippen molar-refractivity contribution in [1.82, 2.24) is 20.7 Å². The Balaban J connectivity index is 1.35. The van der Waals surface area contributed by atoms with E-state index in [9.17, 15) is 9.18 Å². The molecule has 0 bridgehead atoms. The van der Waals surface area contributed by atoms with Gasteiger partial charge >= 0.3 is 0 Å². The number of hydrogen-bond donors (Lipinski definition) is 2. The predicted molar refractivity (Wildman–Crippen MR) is 91.6 cm³/mol. The Morgan fingerprint density at radius 2 is 1.92 bits per heavy atom. The summed E-state index contributed by atoms with van der Waals surface area (Å²) >= 11 is 0. The van der Waals surface area contributed by atoms with Gasteiger partial charge in [0.2, 0.25) is 5.91 Å². The van der Waals surface area contributed by atoms with Crippen LogP contribution in [0.2, 0.25) is 0 Å². The van der Waals surface area contributed by atoms with Gasteiger partial charge in [0.1, 0.15) is 5.82 Å². The second-order valence-electron chi connectivity index (χ2n) is 6.81. The lowest BCUT2D eigenvalue weighted by molar-refractivity contribution is -0.133. The minimum atomic E-state index is -0.186. The van der Waals surface area contributed by atoms with E-state index in [0.29, 0.717) is 12.3 Å². The summed E-state index contributed by atoms with van der Waals surface area (Å²) in [4.78, 5) is 16.6. The van der Waals surface area contributed by atoms with Crippen LogP contribution in [0.25, 0.3) is 0 Å². The number of carbonyl (C=O) groups excluding carboxylic acids is 1. The average Bonchev–Trinajstić information content (AvgIpc) is 3.09. The van der Waals surface area contributed by atoms with Crippen molar-refractivity contribution < 1.29 is 9.18 Å². The molecule has 24 heavy (non-hydrogen) atoms. The summed E-state index contributed by atoms with van der Waals surface area (Å²) in [5, 5.41) is 0. The fourth-order valence-corrected chi connectivity index (χ4v) is 3.46. The fourth-order valence-electron chi connectivity index (χ4n) is 3.46. The quantitative estimate of drug-likeness (QED) is 0.825. The molecule has 0 spiro atoms. The molecule has 2 heterocycles. The first kappa shape index (κ1) is 17.3. The van der Waals surface area contributed by atoms with Crippen molar-refractivity contribution in [2.75, 3.05) is 39.3 Å². The molecule has 2 saturated heterocycles. The first-order valence-electron chi connectivity index (χ1n) is 8.91. The highest BCUT2D eigenvalue weighted by atomic mass is 19.1. The molecule has 2 N–H and O–H groups in total. The molecule has 0 atom stereocenters. The van der Waals surface area contributed by atoms with Crippen LogP contribution >= 0.6 is 0 Å². The molecule has 0 aliphatic carbocycles. The third-order valence-electron chi connectivity index (χ3n) is 4.93. The third kappa shape index (κ3) is 5.00. The van der Waals surface area contributed by atoms with Gasteiger partial charge in [-0.25, -0.2) is 4.39 Å². The van der Waals surface area contributed by atoms with Crippen LogP contribution in [0.1, 0.15) is 24.8 Å². The maximum atomic E-state index is 13.2. The smallest absolute Gasteiger partial charge is 0.222 e. The lowest BCUT2D eigenvalue weighted by Crippen LogP contribution is -2.48. The van der Waals surface area contributed by atoms with Crippen molar-refractivity contribution in [3.05, 3.63) is 35.6 Å². The number of benzene rings is 1. The highest BCUT2D eigenvalue weighted by Crippen LogP contribution is 2.13. The summed E-state index contributed by atoms with van der Waals surface area (Å²) < 4.78 is 13.2. The Bertz CT molecular complexity index is 540. The van der Waals surface area contributed by atoms with Crippen molar-refractivity contribution >= 4 is 5.91 Å². The van der Waals surface area contributed by atoms with Crippen LogP contribution in [-0.4, -0.2) is 55.0 Å². The largest absolute Gasteiger partial charge is 0.340 e. The molecule has 6 heteroatoms. The van der Waals surface area contributed by atoms with Gasteiger partial charge in [-0.2, -0.15) is 0 Å². The standard InChI is InChI=1S/C18H27FN4O/c19-17-5-1-3-15(11-17)14-22-7-9-23(10-8-22)18(24)6-2-4-16-12-20-21-13-16/h1,3,5,11,16,20-21H,2,4,6-10,12-14H2. The van der Waals surface area contributed by atoms with E-state index in [1.807, 2.05) is 11.0 Å². The molecule has 3 rings (SSSR count). The van der Waals surface area contributed by atoms with Gasteiger partial charge in [0, 0.05) is 52.2 Å². The van der Waals surface area contributed by atoms with E-state index in [0.717, 1.165) is 64.2 Å². The molecular weight excluding hydrogens is 307 g/mol. The van der Waals surface area contributed by atoms with Crippen LogP contribution in [0.5, 0.6) is 0 Å².